The predicted octanol–water partition coefficient (Wildman–Crippen LogP) is 3.31. The predicted molar refractivity (Wildman–Crippen MR) is 79.2 cm³/mol. The lowest BCUT2D eigenvalue weighted by molar-refractivity contribution is -0.116. The lowest BCUT2D eigenvalue weighted by Crippen LogP contribution is -2.13. The van der Waals surface area contributed by atoms with Crippen molar-refractivity contribution in [1.29, 1.82) is 0 Å². The molecule has 0 aliphatic rings. The van der Waals surface area contributed by atoms with Gasteiger partial charge in [-0.3, -0.25) is 4.79 Å². The number of para-hydroxylation sites is 1. The van der Waals surface area contributed by atoms with Gasteiger partial charge in [0.25, 0.3) is 0 Å². The summed E-state index contributed by atoms with van der Waals surface area (Å²) in [4.78, 5) is 15.9. The maximum atomic E-state index is 11.8. The van der Waals surface area contributed by atoms with Gasteiger partial charge in [0.1, 0.15) is 11.6 Å². The number of rotatable bonds is 5. The van der Waals surface area contributed by atoms with E-state index in [0.29, 0.717) is 23.7 Å². The lowest BCUT2D eigenvalue weighted by atomic mass is 10.1. The molecule has 0 atom stereocenters. The van der Waals surface area contributed by atoms with Crippen LogP contribution < -0.4 is 10.1 Å². The molecule has 1 amide bonds. The third-order valence-corrected chi connectivity index (χ3v) is 3.03. The average molecular weight is 291 g/mol. The molecule has 1 heterocycles. The van der Waals surface area contributed by atoms with Crippen molar-refractivity contribution in [3.63, 3.8) is 0 Å². The molecule has 20 heavy (non-hydrogen) atoms. The molecule has 1 aromatic heterocycles. The Balaban J connectivity index is 1.90. The summed E-state index contributed by atoms with van der Waals surface area (Å²) in [5.74, 6) is 1.20. The summed E-state index contributed by atoms with van der Waals surface area (Å²) in [7, 11) is 1.62. The highest BCUT2D eigenvalue weighted by atomic mass is 35.5. The Bertz CT molecular complexity index is 585. The normalized spacial score (nSPS) is 10.1. The molecule has 4 nitrogen and oxygen atoms in total. The number of halogens is 1. The molecule has 104 valence electrons. The largest absolute Gasteiger partial charge is 0.496 e. The number of hydrogen-bond acceptors (Lipinski definition) is 3. The molecule has 0 aliphatic heterocycles. The molecule has 0 saturated carbocycles. The van der Waals surface area contributed by atoms with E-state index in [1.54, 1.807) is 19.2 Å². The van der Waals surface area contributed by atoms with Crippen molar-refractivity contribution in [3.8, 4) is 5.75 Å². The second-order valence-corrected chi connectivity index (χ2v) is 4.66. The average Bonchev–Trinajstić information content (AvgIpc) is 2.48. The maximum absolute atomic E-state index is 11.8. The molecule has 0 radical (unpaired) electrons. The zero-order valence-corrected chi connectivity index (χ0v) is 11.9. The van der Waals surface area contributed by atoms with Gasteiger partial charge in [-0.2, -0.15) is 0 Å². The van der Waals surface area contributed by atoms with Gasteiger partial charge in [-0.1, -0.05) is 29.8 Å². The number of benzene rings is 1. The molecule has 0 bridgehead atoms. The molecule has 0 unspecified atom stereocenters. The van der Waals surface area contributed by atoms with Crippen LogP contribution in [0.1, 0.15) is 12.0 Å². The zero-order valence-electron chi connectivity index (χ0n) is 11.1. The molecule has 0 aliphatic carbocycles. The van der Waals surface area contributed by atoms with E-state index in [0.717, 1.165) is 11.3 Å². The molecule has 5 heteroatoms. The van der Waals surface area contributed by atoms with Gasteiger partial charge in [-0.25, -0.2) is 4.98 Å². The number of aromatic nitrogens is 1. The van der Waals surface area contributed by atoms with E-state index in [1.165, 1.54) is 6.20 Å². The van der Waals surface area contributed by atoms with Crippen molar-refractivity contribution in [2.45, 2.75) is 12.8 Å². The number of carbonyl (C=O) groups is 1. The topological polar surface area (TPSA) is 51.2 Å². The first-order valence-electron chi connectivity index (χ1n) is 6.22. The number of nitrogens with one attached hydrogen (secondary N) is 1. The van der Waals surface area contributed by atoms with E-state index < -0.39 is 0 Å². The Hall–Kier alpha value is -2.07. The maximum Gasteiger partial charge on any atom is 0.225 e. The number of nitrogens with zero attached hydrogens (tertiary/aromatic N) is 1. The number of methoxy groups -OCH3 is 1. The Morgan fingerprint density at radius 1 is 1.30 bits per heavy atom. The Morgan fingerprint density at radius 2 is 2.10 bits per heavy atom. The van der Waals surface area contributed by atoms with Gasteiger partial charge in [0, 0.05) is 12.6 Å². The van der Waals surface area contributed by atoms with Gasteiger partial charge in [0.15, 0.2) is 0 Å². The van der Waals surface area contributed by atoms with E-state index >= 15 is 0 Å². The Labute approximate surface area is 122 Å². The lowest BCUT2D eigenvalue weighted by Gasteiger charge is -2.08. The van der Waals surface area contributed by atoms with Crippen LogP contribution in [0.15, 0.2) is 42.6 Å². The first-order chi connectivity index (χ1) is 9.69. The van der Waals surface area contributed by atoms with Crippen LogP contribution in [-0.2, 0) is 11.2 Å². The summed E-state index contributed by atoms with van der Waals surface area (Å²) in [6.07, 6.45) is 2.48. The summed E-state index contributed by atoms with van der Waals surface area (Å²) in [5, 5.41) is 3.27. The molecule has 0 fully saturated rings. The van der Waals surface area contributed by atoms with Gasteiger partial charge < -0.3 is 10.1 Å². The molecule has 1 aromatic carbocycles. The van der Waals surface area contributed by atoms with Crippen LogP contribution in [0.5, 0.6) is 5.75 Å². The zero-order chi connectivity index (χ0) is 14.4. The summed E-state index contributed by atoms with van der Waals surface area (Å²) in [6.45, 7) is 0. The van der Waals surface area contributed by atoms with Crippen molar-refractivity contribution in [2.75, 3.05) is 12.4 Å². The third-order valence-electron chi connectivity index (χ3n) is 2.81. The second-order valence-electron chi connectivity index (χ2n) is 4.22. The first kappa shape index (κ1) is 14.3. The van der Waals surface area contributed by atoms with Gasteiger partial charge in [0.2, 0.25) is 5.91 Å². The fraction of sp³-hybridized carbons (Fsp3) is 0.200. The monoisotopic (exact) mass is 290 g/mol. The van der Waals surface area contributed by atoms with E-state index in [2.05, 4.69) is 10.3 Å². The van der Waals surface area contributed by atoms with Gasteiger partial charge in [-0.15, -0.1) is 0 Å². The van der Waals surface area contributed by atoms with Crippen LogP contribution in [0.25, 0.3) is 0 Å². The minimum absolute atomic E-state index is 0.0919. The van der Waals surface area contributed by atoms with Gasteiger partial charge in [0.05, 0.1) is 12.1 Å². The Kier molecular flexibility index (Phi) is 4.96. The van der Waals surface area contributed by atoms with Crippen LogP contribution in [-0.4, -0.2) is 18.0 Å². The molecule has 2 aromatic rings. The van der Waals surface area contributed by atoms with Crippen LogP contribution in [0, 0.1) is 0 Å². The minimum atomic E-state index is -0.0919. The number of carbonyl (C=O) groups excluding carboxylic acids is 1. The number of amides is 1. The number of pyridine rings is 1. The van der Waals surface area contributed by atoms with Crippen molar-refractivity contribution < 1.29 is 9.53 Å². The van der Waals surface area contributed by atoms with E-state index in [4.69, 9.17) is 16.3 Å². The van der Waals surface area contributed by atoms with Crippen molar-refractivity contribution in [3.05, 3.63) is 53.2 Å². The fourth-order valence-corrected chi connectivity index (χ4v) is 1.92. The molecule has 2 rings (SSSR count). The summed E-state index contributed by atoms with van der Waals surface area (Å²) in [5.41, 5.74) is 1.01. The first-order valence-corrected chi connectivity index (χ1v) is 6.60. The third kappa shape index (κ3) is 3.96. The van der Waals surface area contributed by atoms with Crippen molar-refractivity contribution >= 4 is 23.3 Å². The number of ether oxygens (including phenoxy) is 1. The van der Waals surface area contributed by atoms with Gasteiger partial charge in [-0.05, 0) is 30.2 Å². The quantitative estimate of drug-likeness (QED) is 0.919. The van der Waals surface area contributed by atoms with Crippen LogP contribution in [0.3, 0.4) is 0 Å². The van der Waals surface area contributed by atoms with Crippen LogP contribution >= 0.6 is 11.6 Å². The van der Waals surface area contributed by atoms with E-state index in [1.807, 2.05) is 24.3 Å². The van der Waals surface area contributed by atoms with Gasteiger partial charge >= 0.3 is 0 Å². The highest BCUT2D eigenvalue weighted by Gasteiger charge is 2.07. The number of aryl methyl sites for hydroxylation is 1. The molecule has 0 saturated heterocycles. The number of anilines is 1. The molecule has 1 N–H and O–H groups in total. The summed E-state index contributed by atoms with van der Waals surface area (Å²) in [6, 6.07) is 11.0. The SMILES string of the molecule is COc1ccccc1CCC(=O)Nc1ccc(Cl)cn1. The number of hydrogen-bond donors (Lipinski definition) is 1. The van der Waals surface area contributed by atoms with E-state index in [-0.39, 0.29) is 5.91 Å². The summed E-state index contributed by atoms with van der Waals surface area (Å²) < 4.78 is 5.25. The summed E-state index contributed by atoms with van der Waals surface area (Å²) >= 11 is 5.73. The van der Waals surface area contributed by atoms with E-state index in [9.17, 15) is 4.79 Å². The molecular formula is C15H15ClN2O2. The highest BCUT2D eigenvalue weighted by Crippen LogP contribution is 2.19. The minimum Gasteiger partial charge on any atom is -0.496 e. The molecular weight excluding hydrogens is 276 g/mol. The Morgan fingerprint density at radius 3 is 2.80 bits per heavy atom. The van der Waals surface area contributed by atoms with Crippen molar-refractivity contribution in [1.82, 2.24) is 4.98 Å². The smallest absolute Gasteiger partial charge is 0.225 e. The van der Waals surface area contributed by atoms with Crippen LogP contribution in [0.2, 0.25) is 5.02 Å². The fourth-order valence-electron chi connectivity index (χ4n) is 1.81. The second kappa shape index (κ2) is 6.91. The van der Waals surface area contributed by atoms with Crippen molar-refractivity contribution in [2.24, 2.45) is 0 Å². The van der Waals surface area contributed by atoms with Crippen LogP contribution in [0.4, 0.5) is 5.82 Å². The molecule has 0 spiro atoms. The highest BCUT2D eigenvalue weighted by molar-refractivity contribution is 6.30. The standard InChI is InChI=1S/C15H15ClN2O2/c1-20-13-5-3-2-4-11(13)6-9-15(19)18-14-8-7-12(16)10-17-14/h2-5,7-8,10H,6,9H2,1H3,(H,17,18,19).